The molecule has 3 rings (SSSR count). The molecule has 1 atom stereocenters. The SMILES string of the molecule is CCCCN1C(=O)C(=O)/C(=C(\O)c2ccncc2)C1c1ccc(OC(C)C)cc1. The summed E-state index contributed by atoms with van der Waals surface area (Å²) < 4.78 is 5.69. The number of aliphatic hydroxyl groups excluding tert-OH is 1. The van der Waals surface area contributed by atoms with Gasteiger partial charge in [0.25, 0.3) is 11.7 Å². The Bertz CT molecular complexity index is 904. The van der Waals surface area contributed by atoms with Gasteiger partial charge in [-0.25, -0.2) is 0 Å². The molecule has 1 amide bonds. The fourth-order valence-electron chi connectivity index (χ4n) is 3.45. The summed E-state index contributed by atoms with van der Waals surface area (Å²) in [5, 5.41) is 10.9. The molecule has 0 aliphatic carbocycles. The van der Waals surface area contributed by atoms with Crippen LogP contribution in [0.2, 0.25) is 0 Å². The Labute approximate surface area is 170 Å². The second-order valence-corrected chi connectivity index (χ2v) is 7.32. The molecule has 1 aliphatic heterocycles. The highest BCUT2D eigenvalue weighted by Crippen LogP contribution is 2.39. The van der Waals surface area contributed by atoms with Crippen molar-refractivity contribution in [2.24, 2.45) is 0 Å². The van der Waals surface area contributed by atoms with Crippen LogP contribution in [0.1, 0.15) is 50.8 Å². The third kappa shape index (κ3) is 4.31. The first-order valence-electron chi connectivity index (χ1n) is 9.89. The van der Waals surface area contributed by atoms with Crippen LogP contribution in [0, 0.1) is 0 Å². The normalized spacial score (nSPS) is 18.5. The highest BCUT2D eigenvalue weighted by Gasteiger charge is 2.45. The average Bonchev–Trinajstić information content (AvgIpc) is 2.97. The fourth-order valence-corrected chi connectivity index (χ4v) is 3.45. The van der Waals surface area contributed by atoms with E-state index in [2.05, 4.69) is 4.98 Å². The maximum atomic E-state index is 12.8. The van der Waals surface area contributed by atoms with Gasteiger partial charge >= 0.3 is 0 Å². The number of ketones is 1. The van der Waals surface area contributed by atoms with E-state index in [9.17, 15) is 14.7 Å². The van der Waals surface area contributed by atoms with Crippen molar-refractivity contribution in [3.63, 3.8) is 0 Å². The molecule has 0 bridgehead atoms. The predicted octanol–water partition coefficient (Wildman–Crippen LogP) is 4.09. The number of hydrogen-bond acceptors (Lipinski definition) is 5. The number of ether oxygens (including phenoxy) is 1. The van der Waals surface area contributed by atoms with Crippen molar-refractivity contribution in [3.8, 4) is 5.75 Å². The quantitative estimate of drug-likeness (QED) is 0.435. The predicted molar refractivity (Wildman–Crippen MR) is 110 cm³/mol. The summed E-state index contributed by atoms with van der Waals surface area (Å²) in [6.07, 6.45) is 4.78. The van der Waals surface area contributed by atoms with Crippen LogP contribution < -0.4 is 4.74 Å². The van der Waals surface area contributed by atoms with Crippen LogP contribution in [0.15, 0.2) is 54.4 Å². The van der Waals surface area contributed by atoms with Crippen molar-refractivity contribution in [2.45, 2.75) is 45.8 Å². The highest BCUT2D eigenvalue weighted by molar-refractivity contribution is 6.46. The molecular formula is C23H26N2O4. The number of carbonyl (C=O) groups is 2. The van der Waals surface area contributed by atoms with Crippen LogP contribution in [0.5, 0.6) is 5.75 Å². The number of carbonyl (C=O) groups excluding carboxylic acids is 2. The number of aliphatic hydroxyl groups is 1. The van der Waals surface area contributed by atoms with E-state index in [0.29, 0.717) is 17.9 Å². The summed E-state index contributed by atoms with van der Waals surface area (Å²) >= 11 is 0. The van der Waals surface area contributed by atoms with E-state index >= 15 is 0 Å². The Kier molecular flexibility index (Phi) is 6.32. The molecule has 0 saturated carbocycles. The zero-order valence-corrected chi connectivity index (χ0v) is 17.0. The lowest BCUT2D eigenvalue weighted by atomic mass is 9.95. The highest BCUT2D eigenvalue weighted by atomic mass is 16.5. The summed E-state index contributed by atoms with van der Waals surface area (Å²) in [5.41, 5.74) is 1.32. The number of benzene rings is 1. The number of aromatic nitrogens is 1. The van der Waals surface area contributed by atoms with E-state index in [4.69, 9.17) is 4.74 Å². The number of pyridine rings is 1. The number of likely N-dealkylation sites (tertiary alicyclic amines) is 1. The van der Waals surface area contributed by atoms with Crippen molar-refractivity contribution in [2.75, 3.05) is 6.54 Å². The summed E-state index contributed by atoms with van der Waals surface area (Å²) in [4.78, 5) is 31.1. The van der Waals surface area contributed by atoms with Gasteiger partial charge in [-0.1, -0.05) is 25.5 Å². The first-order chi connectivity index (χ1) is 13.9. The molecule has 1 N–H and O–H groups in total. The summed E-state index contributed by atoms with van der Waals surface area (Å²) in [7, 11) is 0. The van der Waals surface area contributed by atoms with Gasteiger partial charge in [-0.3, -0.25) is 14.6 Å². The van der Waals surface area contributed by atoms with E-state index in [-0.39, 0.29) is 17.4 Å². The second-order valence-electron chi connectivity index (χ2n) is 7.32. The molecule has 29 heavy (non-hydrogen) atoms. The van der Waals surface area contributed by atoms with E-state index in [1.165, 1.54) is 12.4 Å². The number of amides is 1. The largest absolute Gasteiger partial charge is 0.507 e. The number of Topliss-reactive ketones (excluding diaryl/α,β-unsaturated/α-hetero) is 1. The Morgan fingerprint density at radius 3 is 2.38 bits per heavy atom. The zero-order chi connectivity index (χ0) is 21.0. The molecule has 152 valence electrons. The smallest absolute Gasteiger partial charge is 0.295 e. The molecule has 1 aromatic heterocycles. The number of rotatable bonds is 7. The molecule has 2 heterocycles. The van der Waals surface area contributed by atoms with Gasteiger partial charge in [0.1, 0.15) is 11.5 Å². The molecule has 0 radical (unpaired) electrons. The van der Waals surface area contributed by atoms with Crippen molar-refractivity contribution >= 4 is 17.4 Å². The van der Waals surface area contributed by atoms with Gasteiger partial charge in [0, 0.05) is 24.5 Å². The zero-order valence-electron chi connectivity index (χ0n) is 17.0. The van der Waals surface area contributed by atoms with Gasteiger partial charge in [-0.15, -0.1) is 0 Å². The number of unbranched alkanes of at least 4 members (excludes halogenated alkanes) is 1. The maximum Gasteiger partial charge on any atom is 0.295 e. The molecule has 1 aliphatic rings. The van der Waals surface area contributed by atoms with Gasteiger partial charge in [-0.05, 0) is 50.1 Å². The van der Waals surface area contributed by atoms with Gasteiger partial charge in [0.15, 0.2) is 0 Å². The average molecular weight is 394 g/mol. The summed E-state index contributed by atoms with van der Waals surface area (Å²) in [6, 6.07) is 9.92. The van der Waals surface area contributed by atoms with Crippen LogP contribution in [0.25, 0.3) is 5.76 Å². The van der Waals surface area contributed by atoms with Crippen LogP contribution >= 0.6 is 0 Å². The van der Waals surface area contributed by atoms with Crippen molar-refractivity contribution < 1.29 is 19.4 Å². The molecule has 6 nitrogen and oxygen atoms in total. The van der Waals surface area contributed by atoms with Gasteiger partial charge in [-0.2, -0.15) is 0 Å². The maximum absolute atomic E-state index is 12.8. The molecule has 2 aromatic rings. The Balaban J connectivity index is 2.08. The fraction of sp³-hybridized carbons (Fsp3) is 0.348. The Morgan fingerprint density at radius 2 is 1.79 bits per heavy atom. The minimum Gasteiger partial charge on any atom is -0.507 e. The molecule has 1 unspecified atom stereocenters. The van der Waals surface area contributed by atoms with Crippen LogP contribution in [0.4, 0.5) is 0 Å². The Hall–Kier alpha value is -3.15. The molecule has 1 fully saturated rings. The molecule has 0 spiro atoms. The number of nitrogens with zero attached hydrogens (tertiary/aromatic N) is 2. The topological polar surface area (TPSA) is 79.7 Å². The standard InChI is InChI=1S/C23H26N2O4/c1-4-5-14-25-20(16-6-8-18(9-7-16)29-15(2)3)19(22(27)23(25)28)21(26)17-10-12-24-13-11-17/h6-13,15,20,26H,4-5,14H2,1-3H3/b21-19-. The van der Waals surface area contributed by atoms with Gasteiger partial charge in [0.2, 0.25) is 0 Å². The van der Waals surface area contributed by atoms with E-state index < -0.39 is 17.7 Å². The van der Waals surface area contributed by atoms with Gasteiger partial charge < -0.3 is 14.7 Å². The first kappa shape index (κ1) is 20.6. The summed E-state index contributed by atoms with van der Waals surface area (Å²) in [5.74, 6) is -0.717. The van der Waals surface area contributed by atoms with E-state index in [1.807, 2.05) is 45.0 Å². The monoisotopic (exact) mass is 394 g/mol. The summed E-state index contributed by atoms with van der Waals surface area (Å²) in [6.45, 7) is 6.37. The lowest BCUT2D eigenvalue weighted by Crippen LogP contribution is -2.30. The Morgan fingerprint density at radius 1 is 1.14 bits per heavy atom. The second kappa shape index (κ2) is 8.90. The third-order valence-electron chi connectivity index (χ3n) is 4.81. The van der Waals surface area contributed by atoms with Crippen LogP contribution in [-0.4, -0.2) is 39.3 Å². The van der Waals surface area contributed by atoms with Crippen molar-refractivity contribution in [1.82, 2.24) is 9.88 Å². The minimum absolute atomic E-state index is 0.0442. The van der Waals surface area contributed by atoms with E-state index in [1.54, 1.807) is 17.0 Å². The third-order valence-corrected chi connectivity index (χ3v) is 4.81. The van der Waals surface area contributed by atoms with E-state index in [0.717, 1.165) is 18.4 Å². The molecule has 1 saturated heterocycles. The molecule has 6 heteroatoms. The lowest BCUT2D eigenvalue weighted by Gasteiger charge is -2.25. The number of hydrogen-bond donors (Lipinski definition) is 1. The first-order valence-corrected chi connectivity index (χ1v) is 9.89. The van der Waals surface area contributed by atoms with Crippen LogP contribution in [-0.2, 0) is 9.59 Å². The molecule has 1 aromatic carbocycles. The van der Waals surface area contributed by atoms with Gasteiger partial charge in [0.05, 0.1) is 17.7 Å². The van der Waals surface area contributed by atoms with Crippen LogP contribution in [0.3, 0.4) is 0 Å². The lowest BCUT2D eigenvalue weighted by molar-refractivity contribution is -0.139. The van der Waals surface area contributed by atoms with Crippen molar-refractivity contribution in [1.29, 1.82) is 0 Å². The minimum atomic E-state index is -0.664. The van der Waals surface area contributed by atoms with Crippen molar-refractivity contribution in [3.05, 3.63) is 65.5 Å². The molecular weight excluding hydrogens is 368 g/mol.